The predicted octanol–water partition coefficient (Wildman–Crippen LogP) is 3.02. The summed E-state index contributed by atoms with van der Waals surface area (Å²) in [4.78, 5) is 16.3. The molecule has 3 aromatic rings. The zero-order valence-electron chi connectivity index (χ0n) is 11.3. The van der Waals surface area contributed by atoms with Gasteiger partial charge in [-0.05, 0) is 36.0 Å². The maximum absolute atomic E-state index is 11.9. The van der Waals surface area contributed by atoms with Gasteiger partial charge in [0.25, 0.3) is 5.91 Å². The lowest BCUT2D eigenvalue weighted by Crippen LogP contribution is -2.10. The molecule has 0 saturated heterocycles. The lowest BCUT2D eigenvalue weighted by atomic mass is 10.3. The number of hydrogen-bond donors (Lipinski definition) is 2. The van der Waals surface area contributed by atoms with Crippen LogP contribution in [-0.2, 0) is 13.5 Å². The second-order valence-electron chi connectivity index (χ2n) is 4.38. The molecule has 2 N–H and O–H groups in total. The zero-order chi connectivity index (χ0) is 15.7. The van der Waals surface area contributed by atoms with Crippen molar-refractivity contribution in [3.63, 3.8) is 0 Å². The van der Waals surface area contributed by atoms with Crippen molar-refractivity contribution in [2.24, 2.45) is 7.05 Å². The van der Waals surface area contributed by atoms with E-state index >= 15 is 0 Å². The number of nitrogens with zero attached hydrogens (tertiary/aromatic N) is 3. The summed E-state index contributed by atoms with van der Waals surface area (Å²) in [7, 11) is 1.83. The monoisotopic (exact) mass is 355 g/mol. The highest BCUT2D eigenvalue weighted by Crippen LogP contribution is 2.20. The van der Waals surface area contributed by atoms with Crippen LogP contribution >= 0.6 is 35.2 Å². The molecule has 0 unspecified atom stereocenters. The lowest BCUT2D eigenvalue weighted by molar-refractivity contribution is 0.0996. The smallest absolute Gasteiger partial charge is 0.293 e. The van der Waals surface area contributed by atoms with Crippen LogP contribution in [0.4, 0.5) is 5.13 Å². The van der Waals surface area contributed by atoms with Crippen LogP contribution in [0.5, 0.6) is 0 Å². The Morgan fingerprint density at radius 2 is 2.41 bits per heavy atom. The number of anilines is 1. The third kappa shape index (κ3) is 3.11. The molecule has 3 aromatic heterocycles. The van der Waals surface area contributed by atoms with Crippen LogP contribution in [0.25, 0.3) is 0 Å². The predicted molar refractivity (Wildman–Crippen MR) is 85.0 cm³/mol. The van der Waals surface area contributed by atoms with E-state index in [0.29, 0.717) is 16.3 Å². The number of thiazole rings is 1. The number of hydrogen-bond acceptors (Lipinski definition) is 6. The van der Waals surface area contributed by atoms with Gasteiger partial charge in [0, 0.05) is 12.4 Å². The summed E-state index contributed by atoms with van der Waals surface area (Å²) in [5, 5.41) is 12.0. The molecule has 0 aliphatic carbocycles. The van der Waals surface area contributed by atoms with E-state index in [-0.39, 0.29) is 11.0 Å². The van der Waals surface area contributed by atoms with E-state index < -0.39 is 5.91 Å². The molecule has 10 heteroatoms. The summed E-state index contributed by atoms with van der Waals surface area (Å²) in [5.74, 6) is 0.508. The Morgan fingerprint density at radius 1 is 1.59 bits per heavy atom. The fourth-order valence-electron chi connectivity index (χ4n) is 1.74. The van der Waals surface area contributed by atoms with Gasteiger partial charge < -0.3 is 8.98 Å². The van der Waals surface area contributed by atoms with Crippen molar-refractivity contribution in [3.8, 4) is 0 Å². The van der Waals surface area contributed by atoms with Crippen molar-refractivity contribution in [1.29, 1.82) is 0 Å². The number of furan rings is 1. The Kier molecular flexibility index (Phi) is 4.10. The van der Waals surface area contributed by atoms with Gasteiger partial charge in [-0.2, -0.15) is 5.10 Å². The van der Waals surface area contributed by atoms with Crippen molar-refractivity contribution < 1.29 is 9.21 Å². The summed E-state index contributed by atoms with van der Waals surface area (Å²) in [6.45, 7) is 0. The highest BCUT2D eigenvalue weighted by atomic mass is 35.5. The number of aromatic amines is 1. The molecule has 0 atom stereocenters. The summed E-state index contributed by atoms with van der Waals surface area (Å²) in [5.41, 5.74) is 0.787. The van der Waals surface area contributed by atoms with Gasteiger partial charge in [-0.3, -0.25) is 15.2 Å². The lowest BCUT2D eigenvalue weighted by Gasteiger charge is -1.98. The van der Waals surface area contributed by atoms with Gasteiger partial charge >= 0.3 is 0 Å². The van der Waals surface area contributed by atoms with E-state index in [0.717, 1.165) is 11.5 Å². The average molecular weight is 356 g/mol. The Labute approximate surface area is 138 Å². The van der Waals surface area contributed by atoms with E-state index in [9.17, 15) is 4.79 Å². The summed E-state index contributed by atoms with van der Waals surface area (Å²) in [6, 6.07) is 3.01. The van der Waals surface area contributed by atoms with Crippen LogP contribution in [-0.4, -0.2) is 25.7 Å². The first-order valence-electron chi connectivity index (χ1n) is 6.14. The number of amides is 1. The maximum Gasteiger partial charge on any atom is 0.293 e. The van der Waals surface area contributed by atoms with Crippen molar-refractivity contribution >= 4 is 46.2 Å². The minimum Gasteiger partial charge on any atom is -0.440 e. The second-order valence-corrected chi connectivity index (χ2v) is 6.00. The van der Waals surface area contributed by atoms with Gasteiger partial charge in [-0.15, -0.1) is 11.3 Å². The van der Waals surface area contributed by atoms with Crippen LogP contribution in [0.15, 0.2) is 21.9 Å². The Balaban J connectivity index is 1.70. The number of carbonyl (C=O) groups is 1. The summed E-state index contributed by atoms with van der Waals surface area (Å²) in [6.07, 6.45) is 0.516. The highest BCUT2D eigenvalue weighted by Gasteiger charge is 2.13. The molecule has 1 amide bonds. The Bertz CT molecular complexity index is 878. The molecule has 114 valence electrons. The molecule has 3 heterocycles. The molecule has 0 aromatic carbocycles. The van der Waals surface area contributed by atoms with Crippen LogP contribution in [0.2, 0.25) is 5.22 Å². The van der Waals surface area contributed by atoms with Gasteiger partial charge in [-0.1, -0.05) is 0 Å². The molecule has 3 rings (SSSR count). The van der Waals surface area contributed by atoms with E-state index in [1.165, 1.54) is 23.5 Å². The zero-order valence-corrected chi connectivity index (χ0v) is 13.7. The minimum atomic E-state index is -0.397. The fraction of sp³-hybridized carbons (Fsp3) is 0.167. The van der Waals surface area contributed by atoms with Gasteiger partial charge in [0.1, 0.15) is 5.82 Å². The number of rotatable bonds is 4. The normalized spacial score (nSPS) is 10.8. The van der Waals surface area contributed by atoms with Crippen LogP contribution in [0.3, 0.4) is 0 Å². The molecule has 0 spiro atoms. The quantitative estimate of drug-likeness (QED) is 0.702. The van der Waals surface area contributed by atoms with Crippen LogP contribution in [0.1, 0.15) is 22.1 Å². The number of nitrogens with one attached hydrogen (secondary N) is 2. The summed E-state index contributed by atoms with van der Waals surface area (Å²) < 4.78 is 7.36. The maximum atomic E-state index is 11.9. The molecule has 7 nitrogen and oxygen atoms in total. The molecular formula is C12H10ClN5O2S2. The first kappa shape index (κ1) is 14.9. The molecule has 0 fully saturated rings. The molecule has 0 aliphatic rings. The molecule has 0 saturated carbocycles. The molecule has 0 bridgehead atoms. The Morgan fingerprint density at radius 3 is 3.05 bits per heavy atom. The van der Waals surface area contributed by atoms with E-state index in [2.05, 4.69) is 20.5 Å². The first-order chi connectivity index (χ1) is 10.5. The van der Waals surface area contributed by atoms with Gasteiger partial charge in [0.05, 0.1) is 12.1 Å². The van der Waals surface area contributed by atoms with E-state index in [1.807, 2.05) is 12.4 Å². The molecule has 0 radical (unpaired) electrons. The highest BCUT2D eigenvalue weighted by molar-refractivity contribution is 7.71. The number of carbonyl (C=O) groups excluding carboxylic acids is 1. The van der Waals surface area contributed by atoms with Crippen molar-refractivity contribution in [2.45, 2.75) is 6.42 Å². The van der Waals surface area contributed by atoms with Crippen LogP contribution in [0, 0.1) is 4.77 Å². The average Bonchev–Trinajstić information content (AvgIpc) is 3.17. The SMILES string of the molecule is Cn1c(Cc2csc(NC(=O)c3ccc(Cl)o3)n2)n[nH]c1=S. The van der Waals surface area contributed by atoms with Gasteiger partial charge in [-0.25, -0.2) is 4.98 Å². The van der Waals surface area contributed by atoms with E-state index in [4.69, 9.17) is 28.2 Å². The van der Waals surface area contributed by atoms with Crippen molar-refractivity contribution in [3.05, 3.63) is 44.8 Å². The number of halogens is 1. The number of aromatic nitrogens is 4. The van der Waals surface area contributed by atoms with E-state index in [1.54, 1.807) is 4.57 Å². The molecular weight excluding hydrogens is 346 g/mol. The topological polar surface area (TPSA) is 88.7 Å². The molecule has 22 heavy (non-hydrogen) atoms. The third-order valence-electron chi connectivity index (χ3n) is 2.88. The first-order valence-corrected chi connectivity index (χ1v) is 7.81. The Hall–Kier alpha value is -1.97. The van der Waals surface area contributed by atoms with Gasteiger partial charge in [0.2, 0.25) is 0 Å². The second kappa shape index (κ2) is 6.03. The minimum absolute atomic E-state index is 0.135. The third-order valence-corrected chi connectivity index (χ3v) is 4.26. The standard InChI is InChI=1S/C12H10ClN5O2S2/c1-18-9(16-17-12(18)21)4-6-5-22-11(14-6)15-10(19)7-2-3-8(13)20-7/h2-3,5H,4H2,1H3,(H,17,21)(H,14,15,19). The number of H-pyrrole nitrogens is 1. The van der Waals surface area contributed by atoms with Crippen LogP contribution < -0.4 is 5.32 Å². The molecule has 0 aliphatic heterocycles. The largest absolute Gasteiger partial charge is 0.440 e. The van der Waals surface area contributed by atoms with Crippen molar-refractivity contribution in [1.82, 2.24) is 19.7 Å². The van der Waals surface area contributed by atoms with Gasteiger partial charge in [0.15, 0.2) is 20.9 Å². The summed E-state index contributed by atoms with van der Waals surface area (Å²) >= 11 is 12.0. The van der Waals surface area contributed by atoms with Crippen molar-refractivity contribution in [2.75, 3.05) is 5.32 Å². The fourth-order valence-corrected chi connectivity index (χ4v) is 2.74.